The second-order valence-electron chi connectivity index (χ2n) is 7.16. The fourth-order valence-corrected chi connectivity index (χ4v) is 3.93. The lowest BCUT2D eigenvalue weighted by atomic mass is 10.1. The summed E-state index contributed by atoms with van der Waals surface area (Å²) in [5, 5.41) is 13.7. The number of fused-ring (bicyclic) bond motifs is 1. The lowest BCUT2D eigenvalue weighted by Gasteiger charge is -2.15. The van der Waals surface area contributed by atoms with E-state index in [1.54, 1.807) is 48.5 Å². The lowest BCUT2D eigenvalue weighted by Crippen LogP contribution is -2.32. The molecule has 0 unspecified atom stereocenters. The Hall–Kier alpha value is -4.16. The van der Waals surface area contributed by atoms with Crippen LogP contribution in [0.3, 0.4) is 0 Å². The van der Waals surface area contributed by atoms with Crippen molar-refractivity contribution in [2.45, 2.75) is 13.5 Å². The van der Waals surface area contributed by atoms with Crippen molar-refractivity contribution in [3.8, 4) is 17.6 Å². The highest BCUT2D eigenvalue weighted by Crippen LogP contribution is 2.37. The number of ether oxygens (including phenoxy) is 2. The van der Waals surface area contributed by atoms with Crippen molar-refractivity contribution in [1.29, 1.82) is 5.26 Å². The molecule has 3 aromatic carbocycles. The number of H-pyrrole nitrogens is 1. The standard InChI is InChI=1S/C25H19BrN4O4/c1-2-33-22-12-16(11-20(26)23(22)34-15-18-8-4-3-7-17(18)13-27)14-28-30-24(31)19-9-5-6-10-21(19)29-25(30)32/h3-12,14H,2,15H2,1H3,(H,29,32). The molecule has 0 aliphatic rings. The fourth-order valence-electron chi connectivity index (χ4n) is 3.35. The van der Waals surface area contributed by atoms with E-state index in [0.29, 0.717) is 44.6 Å². The van der Waals surface area contributed by atoms with Crippen LogP contribution in [0.1, 0.15) is 23.6 Å². The summed E-state index contributed by atoms with van der Waals surface area (Å²) in [5.41, 5.74) is 1.16. The first-order valence-corrected chi connectivity index (χ1v) is 11.2. The van der Waals surface area contributed by atoms with Gasteiger partial charge in [-0.05, 0) is 58.7 Å². The maximum absolute atomic E-state index is 12.7. The summed E-state index contributed by atoms with van der Waals surface area (Å²) in [5.74, 6) is 0.917. The van der Waals surface area contributed by atoms with Crippen molar-refractivity contribution < 1.29 is 9.47 Å². The smallest absolute Gasteiger partial charge is 0.349 e. The minimum atomic E-state index is -0.639. The maximum Gasteiger partial charge on any atom is 0.349 e. The van der Waals surface area contributed by atoms with Crippen LogP contribution >= 0.6 is 15.9 Å². The summed E-state index contributed by atoms with van der Waals surface area (Å²) in [4.78, 5) is 27.7. The first-order chi connectivity index (χ1) is 16.5. The average Bonchev–Trinajstić information content (AvgIpc) is 2.84. The lowest BCUT2D eigenvalue weighted by molar-refractivity contribution is 0.267. The van der Waals surface area contributed by atoms with Crippen molar-refractivity contribution in [2.75, 3.05) is 6.61 Å². The summed E-state index contributed by atoms with van der Waals surface area (Å²) < 4.78 is 13.1. The molecule has 1 N–H and O–H groups in total. The molecule has 4 aromatic rings. The van der Waals surface area contributed by atoms with Gasteiger partial charge in [0.1, 0.15) is 6.61 Å². The van der Waals surface area contributed by atoms with E-state index in [1.807, 2.05) is 19.1 Å². The van der Waals surface area contributed by atoms with E-state index >= 15 is 0 Å². The second-order valence-corrected chi connectivity index (χ2v) is 8.01. The summed E-state index contributed by atoms with van der Waals surface area (Å²) in [7, 11) is 0. The number of para-hydroxylation sites is 1. The Kier molecular flexibility index (Phi) is 6.90. The number of aromatic amines is 1. The molecule has 0 bridgehead atoms. The summed E-state index contributed by atoms with van der Waals surface area (Å²) in [6.45, 7) is 2.41. The highest BCUT2D eigenvalue weighted by atomic mass is 79.9. The number of nitrogens with zero attached hydrogens (tertiary/aromatic N) is 3. The van der Waals surface area contributed by atoms with Gasteiger partial charge in [0.15, 0.2) is 11.5 Å². The molecule has 0 atom stereocenters. The van der Waals surface area contributed by atoms with E-state index in [4.69, 9.17) is 9.47 Å². The van der Waals surface area contributed by atoms with Crippen LogP contribution in [0.2, 0.25) is 0 Å². The molecule has 0 spiro atoms. The van der Waals surface area contributed by atoms with Crippen LogP contribution in [0.5, 0.6) is 11.5 Å². The van der Waals surface area contributed by atoms with Gasteiger partial charge in [-0.25, -0.2) is 4.79 Å². The topological polar surface area (TPSA) is 109 Å². The summed E-state index contributed by atoms with van der Waals surface area (Å²) in [6.07, 6.45) is 1.40. The zero-order chi connectivity index (χ0) is 24.1. The highest BCUT2D eigenvalue weighted by molar-refractivity contribution is 9.10. The van der Waals surface area contributed by atoms with Gasteiger partial charge in [0.25, 0.3) is 5.56 Å². The van der Waals surface area contributed by atoms with E-state index in [9.17, 15) is 14.9 Å². The van der Waals surface area contributed by atoms with Gasteiger partial charge in [0.05, 0.1) is 39.8 Å². The molecule has 1 heterocycles. The van der Waals surface area contributed by atoms with Crippen LogP contribution in [0.4, 0.5) is 0 Å². The molecular weight excluding hydrogens is 500 g/mol. The number of hydrogen-bond donors (Lipinski definition) is 1. The van der Waals surface area contributed by atoms with E-state index < -0.39 is 11.2 Å². The van der Waals surface area contributed by atoms with E-state index in [1.165, 1.54) is 6.21 Å². The molecule has 0 radical (unpaired) electrons. The quantitative estimate of drug-likeness (QED) is 0.369. The van der Waals surface area contributed by atoms with Crippen molar-refractivity contribution in [3.05, 3.63) is 103 Å². The second kappa shape index (κ2) is 10.2. The van der Waals surface area contributed by atoms with E-state index in [0.717, 1.165) is 10.2 Å². The molecule has 170 valence electrons. The normalized spacial score (nSPS) is 11.0. The van der Waals surface area contributed by atoms with Crippen LogP contribution < -0.4 is 20.7 Å². The highest BCUT2D eigenvalue weighted by Gasteiger charge is 2.14. The predicted molar refractivity (Wildman–Crippen MR) is 133 cm³/mol. The number of hydrogen-bond acceptors (Lipinski definition) is 6. The predicted octanol–water partition coefficient (Wildman–Crippen LogP) is 4.18. The number of halogens is 1. The molecule has 34 heavy (non-hydrogen) atoms. The Labute approximate surface area is 202 Å². The molecule has 0 aliphatic carbocycles. The number of nitrogens with one attached hydrogen (secondary N) is 1. The third-order valence-corrected chi connectivity index (χ3v) is 5.54. The number of nitriles is 1. The maximum atomic E-state index is 12.7. The van der Waals surface area contributed by atoms with Gasteiger partial charge in [0, 0.05) is 5.56 Å². The van der Waals surface area contributed by atoms with Gasteiger partial charge < -0.3 is 14.5 Å². The largest absolute Gasteiger partial charge is 0.490 e. The number of rotatable bonds is 7. The monoisotopic (exact) mass is 518 g/mol. The van der Waals surface area contributed by atoms with E-state index in [-0.39, 0.29) is 6.61 Å². The van der Waals surface area contributed by atoms with Gasteiger partial charge in [-0.15, -0.1) is 4.68 Å². The third kappa shape index (κ3) is 4.77. The van der Waals surface area contributed by atoms with Gasteiger partial charge in [0.2, 0.25) is 0 Å². The Bertz CT molecular complexity index is 1550. The summed E-state index contributed by atoms with van der Waals surface area (Å²) >= 11 is 3.50. The van der Waals surface area contributed by atoms with Crippen LogP contribution in [0, 0.1) is 11.3 Å². The zero-order valence-corrected chi connectivity index (χ0v) is 19.7. The van der Waals surface area contributed by atoms with Crippen molar-refractivity contribution in [1.82, 2.24) is 9.66 Å². The SMILES string of the molecule is CCOc1cc(C=Nn2c(=O)[nH]c3ccccc3c2=O)cc(Br)c1OCc1ccccc1C#N. The zero-order valence-electron chi connectivity index (χ0n) is 18.1. The molecule has 0 fully saturated rings. The molecule has 9 heteroatoms. The molecular formula is C25H19BrN4O4. The van der Waals surface area contributed by atoms with Crippen LogP contribution in [0.15, 0.2) is 79.8 Å². The molecule has 1 aromatic heterocycles. The van der Waals surface area contributed by atoms with Gasteiger partial charge >= 0.3 is 5.69 Å². The Balaban J connectivity index is 1.66. The van der Waals surface area contributed by atoms with Crippen molar-refractivity contribution in [3.63, 3.8) is 0 Å². The first kappa shape index (κ1) is 23.0. The third-order valence-electron chi connectivity index (χ3n) is 4.95. The number of aromatic nitrogens is 2. The molecule has 0 aliphatic heterocycles. The molecule has 4 rings (SSSR count). The minimum absolute atomic E-state index is 0.178. The molecule has 0 saturated carbocycles. The van der Waals surface area contributed by atoms with Crippen molar-refractivity contribution >= 4 is 33.0 Å². The van der Waals surface area contributed by atoms with Gasteiger partial charge in [-0.3, -0.25) is 4.79 Å². The first-order valence-electron chi connectivity index (χ1n) is 10.4. The minimum Gasteiger partial charge on any atom is -0.490 e. The fraction of sp³-hybridized carbons (Fsp3) is 0.120. The Morgan fingerprint density at radius 1 is 1.12 bits per heavy atom. The Morgan fingerprint density at radius 2 is 1.88 bits per heavy atom. The van der Waals surface area contributed by atoms with Crippen LogP contribution in [0.25, 0.3) is 10.9 Å². The van der Waals surface area contributed by atoms with Crippen LogP contribution in [-0.2, 0) is 6.61 Å². The van der Waals surface area contributed by atoms with Crippen molar-refractivity contribution in [2.24, 2.45) is 5.10 Å². The Morgan fingerprint density at radius 3 is 2.68 bits per heavy atom. The molecule has 0 saturated heterocycles. The number of benzene rings is 3. The average molecular weight is 519 g/mol. The molecule has 0 amide bonds. The molecule has 8 nitrogen and oxygen atoms in total. The van der Waals surface area contributed by atoms with Gasteiger partial charge in [-0.1, -0.05) is 30.3 Å². The summed E-state index contributed by atoms with van der Waals surface area (Å²) in [6, 6.07) is 19.5. The van der Waals surface area contributed by atoms with Gasteiger partial charge in [-0.2, -0.15) is 10.4 Å². The van der Waals surface area contributed by atoms with Crippen LogP contribution in [-0.4, -0.2) is 22.5 Å². The van der Waals surface area contributed by atoms with E-state index in [2.05, 4.69) is 32.1 Å².